The van der Waals surface area contributed by atoms with Gasteiger partial charge in [-0.2, -0.15) is 10.1 Å². The number of aryl methyl sites for hydroxylation is 2. The number of hydrogen-bond acceptors (Lipinski definition) is 8. The lowest BCUT2D eigenvalue weighted by molar-refractivity contribution is 0.0935. The third-order valence-electron chi connectivity index (χ3n) is 5.42. The van der Waals surface area contributed by atoms with Crippen molar-refractivity contribution in [3.8, 4) is 11.5 Å². The van der Waals surface area contributed by atoms with Gasteiger partial charge in [0.15, 0.2) is 11.2 Å². The summed E-state index contributed by atoms with van der Waals surface area (Å²) in [4.78, 5) is 31.3. The second kappa shape index (κ2) is 10.3. The van der Waals surface area contributed by atoms with Gasteiger partial charge >= 0.3 is 5.69 Å². The number of aromatic nitrogens is 4. The maximum absolute atomic E-state index is 12.6. The Kier molecular flexibility index (Phi) is 6.97. The first kappa shape index (κ1) is 23.8. The second-order valence-electron chi connectivity index (χ2n) is 7.91. The number of fused-ring (bicyclic) bond motifs is 1. The first-order valence-electron chi connectivity index (χ1n) is 10.9. The molecule has 0 radical (unpaired) electrons. The van der Waals surface area contributed by atoms with Crippen LogP contribution in [0.2, 0.25) is 0 Å². The van der Waals surface area contributed by atoms with E-state index in [-0.39, 0.29) is 30.3 Å². The summed E-state index contributed by atoms with van der Waals surface area (Å²) in [5.74, 6) is 1.56. The smallest absolute Gasteiger partial charge is 0.329 e. The van der Waals surface area contributed by atoms with Crippen molar-refractivity contribution in [3.05, 3.63) is 80.5 Å². The van der Waals surface area contributed by atoms with Crippen molar-refractivity contribution in [1.82, 2.24) is 19.1 Å². The van der Waals surface area contributed by atoms with Crippen molar-refractivity contribution in [3.63, 3.8) is 0 Å². The Morgan fingerprint density at radius 3 is 2.66 bits per heavy atom. The van der Waals surface area contributed by atoms with Gasteiger partial charge in [-0.25, -0.2) is 10.2 Å². The fourth-order valence-corrected chi connectivity index (χ4v) is 3.52. The molecule has 1 atom stereocenters. The van der Waals surface area contributed by atoms with Gasteiger partial charge in [-0.05, 0) is 48.4 Å². The van der Waals surface area contributed by atoms with Gasteiger partial charge in [0.05, 0.1) is 19.9 Å². The quantitative estimate of drug-likeness (QED) is 0.246. The second-order valence-corrected chi connectivity index (χ2v) is 7.91. The maximum atomic E-state index is 12.6. The molecule has 35 heavy (non-hydrogen) atoms. The third-order valence-corrected chi connectivity index (χ3v) is 5.42. The molecule has 182 valence electrons. The fraction of sp³-hybridized carbons (Fsp3) is 0.250. The molecule has 2 aromatic heterocycles. The summed E-state index contributed by atoms with van der Waals surface area (Å²) >= 11 is 0. The Bertz CT molecular complexity index is 1470. The standard InChI is InChI=1S/C24H26N6O5/c1-15-6-4-5-7-19(15)35-14-17(31)13-30-20-21(29(2)24(33)27-22(20)32)26-23(30)28-25-12-16-8-10-18(34-3)11-9-16/h4-12,17,31H,13-14H2,1-3H3,(H,26,28)(H,27,32,33)/b25-12-. The molecule has 0 aliphatic rings. The number of methoxy groups -OCH3 is 1. The number of anilines is 1. The number of aromatic amines is 1. The normalized spacial score (nSPS) is 12.2. The highest BCUT2D eigenvalue weighted by Crippen LogP contribution is 2.19. The van der Waals surface area contributed by atoms with Gasteiger partial charge in [-0.1, -0.05) is 18.2 Å². The lowest BCUT2D eigenvalue weighted by atomic mass is 10.2. The lowest BCUT2D eigenvalue weighted by Gasteiger charge is -2.16. The van der Waals surface area contributed by atoms with Crippen molar-refractivity contribution in [2.24, 2.45) is 12.1 Å². The van der Waals surface area contributed by atoms with Crippen LogP contribution in [-0.2, 0) is 13.6 Å². The number of aliphatic hydroxyl groups excluding tert-OH is 1. The summed E-state index contributed by atoms with van der Waals surface area (Å²) in [6.45, 7) is 1.88. The minimum absolute atomic E-state index is 0.0112. The highest BCUT2D eigenvalue weighted by molar-refractivity contribution is 5.80. The van der Waals surface area contributed by atoms with Gasteiger partial charge in [0.2, 0.25) is 5.95 Å². The van der Waals surface area contributed by atoms with E-state index in [1.807, 2.05) is 43.3 Å². The molecule has 11 heteroatoms. The van der Waals surface area contributed by atoms with Crippen LogP contribution in [0.3, 0.4) is 0 Å². The Morgan fingerprint density at radius 1 is 1.20 bits per heavy atom. The first-order chi connectivity index (χ1) is 16.9. The number of rotatable bonds is 9. The highest BCUT2D eigenvalue weighted by atomic mass is 16.5. The SMILES string of the molecule is COc1ccc(/C=N\Nc2nc3c(c(=O)[nH]c(=O)n3C)n2CC(O)COc2ccccc2C)cc1. The van der Waals surface area contributed by atoms with Crippen molar-refractivity contribution < 1.29 is 14.6 Å². The summed E-state index contributed by atoms with van der Waals surface area (Å²) in [6.07, 6.45) is 0.596. The lowest BCUT2D eigenvalue weighted by Crippen LogP contribution is -2.30. The fourth-order valence-electron chi connectivity index (χ4n) is 3.52. The van der Waals surface area contributed by atoms with Crippen molar-refractivity contribution in [2.45, 2.75) is 19.6 Å². The van der Waals surface area contributed by atoms with Crippen LogP contribution in [0.4, 0.5) is 5.95 Å². The molecule has 2 aromatic carbocycles. The van der Waals surface area contributed by atoms with Crippen LogP contribution in [0.15, 0.2) is 63.2 Å². The van der Waals surface area contributed by atoms with E-state index in [4.69, 9.17) is 9.47 Å². The van der Waals surface area contributed by atoms with E-state index in [1.54, 1.807) is 25.5 Å². The largest absolute Gasteiger partial charge is 0.497 e. The summed E-state index contributed by atoms with van der Waals surface area (Å²) < 4.78 is 13.6. The molecule has 4 aromatic rings. The molecular weight excluding hydrogens is 452 g/mol. The summed E-state index contributed by atoms with van der Waals surface area (Å²) in [7, 11) is 3.09. The summed E-state index contributed by atoms with van der Waals surface area (Å²) in [5, 5.41) is 14.9. The zero-order chi connectivity index (χ0) is 24.9. The highest BCUT2D eigenvalue weighted by Gasteiger charge is 2.20. The molecule has 0 spiro atoms. The van der Waals surface area contributed by atoms with Gasteiger partial charge in [-0.15, -0.1) is 0 Å². The molecule has 0 saturated carbocycles. The Morgan fingerprint density at radius 2 is 1.94 bits per heavy atom. The van der Waals surface area contributed by atoms with Gasteiger partial charge in [0.25, 0.3) is 5.56 Å². The Hall–Kier alpha value is -4.38. The zero-order valence-electron chi connectivity index (χ0n) is 19.6. The first-order valence-corrected chi connectivity index (χ1v) is 10.9. The number of imidazole rings is 1. The van der Waals surface area contributed by atoms with E-state index in [2.05, 4.69) is 20.5 Å². The third kappa shape index (κ3) is 5.25. The molecule has 3 N–H and O–H groups in total. The van der Waals surface area contributed by atoms with Crippen molar-refractivity contribution in [2.75, 3.05) is 19.1 Å². The number of benzene rings is 2. The zero-order valence-corrected chi connectivity index (χ0v) is 19.6. The predicted octanol–water partition coefficient (Wildman–Crippen LogP) is 1.63. The Balaban J connectivity index is 1.61. The average molecular weight is 479 g/mol. The van der Waals surface area contributed by atoms with Crippen LogP contribution < -0.4 is 26.1 Å². The number of nitrogens with one attached hydrogen (secondary N) is 2. The number of aliphatic hydroxyl groups is 1. The average Bonchev–Trinajstić information content (AvgIpc) is 3.21. The minimum Gasteiger partial charge on any atom is -0.497 e. The van der Waals surface area contributed by atoms with Crippen LogP contribution in [0.5, 0.6) is 11.5 Å². The van der Waals surface area contributed by atoms with Crippen LogP contribution in [-0.4, -0.2) is 50.2 Å². The molecule has 0 bridgehead atoms. The predicted molar refractivity (Wildman–Crippen MR) is 132 cm³/mol. The Labute approximate surface area is 200 Å². The van der Waals surface area contributed by atoms with Crippen molar-refractivity contribution >= 4 is 23.3 Å². The molecule has 11 nitrogen and oxygen atoms in total. The number of hydrogen-bond donors (Lipinski definition) is 3. The molecular formula is C24H26N6O5. The van der Waals surface area contributed by atoms with E-state index in [1.165, 1.54) is 16.2 Å². The monoisotopic (exact) mass is 478 g/mol. The molecule has 0 saturated heterocycles. The van der Waals surface area contributed by atoms with Crippen LogP contribution >= 0.6 is 0 Å². The van der Waals surface area contributed by atoms with Crippen LogP contribution in [0.1, 0.15) is 11.1 Å². The summed E-state index contributed by atoms with van der Waals surface area (Å²) in [6, 6.07) is 14.7. The topological polar surface area (TPSA) is 136 Å². The molecule has 4 rings (SSSR count). The number of ether oxygens (including phenoxy) is 2. The maximum Gasteiger partial charge on any atom is 0.329 e. The van der Waals surface area contributed by atoms with E-state index in [0.717, 1.165) is 16.9 Å². The van der Waals surface area contributed by atoms with Gasteiger partial charge in [0.1, 0.15) is 24.2 Å². The van der Waals surface area contributed by atoms with Crippen LogP contribution in [0, 0.1) is 6.92 Å². The van der Waals surface area contributed by atoms with E-state index >= 15 is 0 Å². The van der Waals surface area contributed by atoms with Crippen LogP contribution in [0.25, 0.3) is 11.2 Å². The minimum atomic E-state index is -0.977. The molecule has 0 amide bonds. The van der Waals surface area contributed by atoms with Gasteiger partial charge in [-0.3, -0.25) is 14.3 Å². The molecule has 0 aliphatic heterocycles. The number of para-hydroxylation sites is 1. The van der Waals surface area contributed by atoms with E-state index in [9.17, 15) is 14.7 Å². The molecule has 2 heterocycles. The summed E-state index contributed by atoms with van der Waals surface area (Å²) in [5.41, 5.74) is 3.63. The number of hydrazone groups is 1. The van der Waals surface area contributed by atoms with E-state index in [0.29, 0.717) is 5.75 Å². The molecule has 0 fully saturated rings. The number of H-pyrrole nitrogens is 1. The van der Waals surface area contributed by atoms with Gasteiger partial charge in [0, 0.05) is 7.05 Å². The molecule has 0 aliphatic carbocycles. The van der Waals surface area contributed by atoms with Gasteiger partial charge < -0.3 is 19.1 Å². The van der Waals surface area contributed by atoms with E-state index < -0.39 is 17.4 Å². The van der Waals surface area contributed by atoms with Crippen molar-refractivity contribution in [1.29, 1.82) is 0 Å². The number of nitrogens with zero attached hydrogens (tertiary/aromatic N) is 4. The molecule has 1 unspecified atom stereocenters.